The summed E-state index contributed by atoms with van der Waals surface area (Å²) in [6, 6.07) is 0. The van der Waals surface area contributed by atoms with E-state index in [1.165, 1.54) is 11.9 Å². The second-order valence-electron chi connectivity index (χ2n) is 2.24. The Balaban J connectivity index is 2.74. The maximum atomic E-state index is 11.2. The minimum Gasteiger partial charge on any atom is -0.323 e. The average Bonchev–Trinajstić information content (AvgIpc) is 2.05. The van der Waals surface area contributed by atoms with Gasteiger partial charge in [-0.1, -0.05) is 12.7 Å². The first-order chi connectivity index (χ1) is 5.22. The number of carbonyl (C=O) groups excluding carboxylic acids is 1. The second kappa shape index (κ2) is 3.44. The molecule has 0 saturated carbocycles. The normalized spacial score (nSPS) is 15.2. The van der Waals surface area contributed by atoms with Gasteiger partial charge >= 0.3 is 0 Å². The van der Waals surface area contributed by atoms with Gasteiger partial charge in [0.1, 0.15) is 0 Å². The molecule has 0 amide bonds. The van der Waals surface area contributed by atoms with Crippen LogP contribution < -0.4 is 4.72 Å². The lowest BCUT2D eigenvalue weighted by atomic mass is 10.1. The van der Waals surface area contributed by atoms with Gasteiger partial charge < -0.3 is 4.72 Å². The highest BCUT2D eigenvalue weighted by molar-refractivity contribution is 8.00. The van der Waals surface area contributed by atoms with Crippen LogP contribution in [0, 0.1) is 0 Å². The van der Waals surface area contributed by atoms with E-state index in [1.807, 2.05) is 11.5 Å². The average molecular weight is 167 g/mol. The van der Waals surface area contributed by atoms with Crippen molar-refractivity contribution < 1.29 is 4.79 Å². The van der Waals surface area contributed by atoms with Gasteiger partial charge in [0, 0.05) is 0 Å². The summed E-state index contributed by atoms with van der Waals surface area (Å²) in [5.41, 5.74) is 1.16. The van der Waals surface area contributed by atoms with Crippen LogP contribution in [-0.4, -0.2) is 5.78 Å². The van der Waals surface area contributed by atoms with Gasteiger partial charge in [-0.25, -0.2) is 0 Å². The van der Waals surface area contributed by atoms with Crippen molar-refractivity contribution in [3.63, 3.8) is 0 Å². The number of rotatable bonds is 2. The van der Waals surface area contributed by atoms with Gasteiger partial charge in [0.2, 0.25) is 5.78 Å². The van der Waals surface area contributed by atoms with Crippen LogP contribution in [0.2, 0.25) is 0 Å². The third-order valence-electron chi connectivity index (χ3n) is 1.21. The molecule has 0 radical (unpaired) electrons. The minimum atomic E-state index is -0.0261. The molecule has 58 valence electrons. The van der Waals surface area contributed by atoms with Crippen LogP contribution in [0.3, 0.4) is 0 Å². The standard InChI is InChI=1S/C8H9NOS/c1-6(2)8(10)7-4-3-5-11-9-7/h3-5,9H,1H2,2H3. The molecule has 0 unspecified atom stereocenters. The quantitative estimate of drug-likeness (QED) is 0.502. The van der Waals surface area contributed by atoms with Crippen LogP contribution in [0.25, 0.3) is 0 Å². The highest BCUT2D eigenvalue weighted by Crippen LogP contribution is 2.11. The lowest BCUT2D eigenvalue weighted by Gasteiger charge is -2.08. The molecule has 3 heteroatoms. The van der Waals surface area contributed by atoms with E-state index >= 15 is 0 Å². The Morgan fingerprint density at radius 2 is 2.45 bits per heavy atom. The number of ketones is 1. The third-order valence-corrected chi connectivity index (χ3v) is 1.84. The van der Waals surface area contributed by atoms with Crippen molar-refractivity contribution in [2.75, 3.05) is 0 Å². The predicted octanol–water partition coefficient (Wildman–Crippen LogP) is 1.78. The summed E-state index contributed by atoms with van der Waals surface area (Å²) in [5.74, 6) is -0.0261. The van der Waals surface area contributed by atoms with Crippen molar-refractivity contribution in [1.29, 1.82) is 0 Å². The zero-order valence-corrected chi connectivity index (χ0v) is 7.07. The van der Waals surface area contributed by atoms with Gasteiger partial charge in [0.25, 0.3) is 0 Å². The highest BCUT2D eigenvalue weighted by atomic mass is 32.2. The molecule has 0 aromatic heterocycles. The summed E-state index contributed by atoms with van der Waals surface area (Å²) < 4.78 is 2.88. The maximum Gasteiger partial charge on any atom is 0.204 e. The first-order valence-corrected chi connectivity index (χ1v) is 4.08. The third kappa shape index (κ3) is 1.98. The molecule has 1 aliphatic heterocycles. The molecule has 0 aromatic rings. The molecule has 1 N–H and O–H groups in total. The molecule has 1 rings (SSSR count). The van der Waals surface area contributed by atoms with Crippen molar-refractivity contribution >= 4 is 17.7 Å². The molecule has 0 atom stereocenters. The van der Waals surface area contributed by atoms with Gasteiger partial charge in [-0.15, -0.1) is 0 Å². The SMILES string of the molecule is C=C(C)C(=O)C1=CC=CSN1. The fraction of sp³-hybridized carbons (Fsp3) is 0.125. The largest absolute Gasteiger partial charge is 0.323 e. The van der Waals surface area contributed by atoms with Gasteiger partial charge in [-0.3, -0.25) is 4.79 Å². The lowest BCUT2D eigenvalue weighted by molar-refractivity contribution is -0.112. The molecule has 1 heterocycles. The van der Waals surface area contributed by atoms with Crippen LogP contribution in [0.5, 0.6) is 0 Å². The molecule has 0 fully saturated rings. The van der Waals surface area contributed by atoms with Gasteiger partial charge in [-0.05, 0) is 35.9 Å². The number of nitrogens with one attached hydrogen (secondary N) is 1. The Morgan fingerprint density at radius 1 is 1.73 bits per heavy atom. The maximum absolute atomic E-state index is 11.2. The lowest BCUT2D eigenvalue weighted by Crippen LogP contribution is -2.15. The molecule has 0 bridgehead atoms. The molecule has 0 saturated heterocycles. The summed E-state index contributed by atoms with van der Waals surface area (Å²) in [6.45, 7) is 5.27. The number of hydrogen-bond donors (Lipinski definition) is 1. The van der Waals surface area contributed by atoms with E-state index in [2.05, 4.69) is 11.3 Å². The first kappa shape index (κ1) is 8.14. The molecule has 0 spiro atoms. The summed E-state index contributed by atoms with van der Waals surface area (Å²) in [5, 5.41) is 1.87. The van der Waals surface area contributed by atoms with Gasteiger partial charge in [-0.2, -0.15) is 0 Å². The molecule has 1 aliphatic rings. The Labute approximate surface area is 70.2 Å². The van der Waals surface area contributed by atoms with E-state index in [0.29, 0.717) is 11.3 Å². The fourth-order valence-corrected chi connectivity index (χ4v) is 1.17. The monoisotopic (exact) mass is 167 g/mol. The smallest absolute Gasteiger partial charge is 0.204 e. The summed E-state index contributed by atoms with van der Waals surface area (Å²) >= 11 is 1.39. The Morgan fingerprint density at radius 3 is 2.91 bits per heavy atom. The summed E-state index contributed by atoms with van der Waals surface area (Å²) in [6.07, 6.45) is 3.57. The van der Waals surface area contributed by atoms with Gasteiger partial charge in [0.15, 0.2) is 0 Å². The van der Waals surface area contributed by atoms with E-state index in [0.717, 1.165) is 0 Å². The van der Waals surface area contributed by atoms with E-state index in [4.69, 9.17) is 0 Å². The Hall–Kier alpha value is -0.960. The van der Waals surface area contributed by atoms with Crippen molar-refractivity contribution in [2.24, 2.45) is 0 Å². The van der Waals surface area contributed by atoms with E-state index < -0.39 is 0 Å². The first-order valence-electron chi connectivity index (χ1n) is 3.20. The van der Waals surface area contributed by atoms with Crippen LogP contribution >= 0.6 is 11.9 Å². The van der Waals surface area contributed by atoms with Crippen molar-refractivity contribution in [1.82, 2.24) is 4.72 Å². The molecule has 11 heavy (non-hydrogen) atoms. The molecular weight excluding hydrogens is 158 g/mol. The number of carbonyl (C=O) groups is 1. The topological polar surface area (TPSA) is 29.1 Å². The number of allylic oxidation sites excluding steroid dienone is 3. The zero-order valence-electron chi connectivity index (χ0n) is 6.26. The van der Waals surface area contributed by atoms with Crippen molar-refractivity contribution in [3.05, 3.63) is 35.4 Å². The molecule has 0 aromatic carbocycles. The van der Waals surface area contributed by atoms with Crippen LogP contribution in [0.1, 0.15) is 6.92 Å². The van der Waals surface area contributed by atoms with Crippen molar-refractivity contribution in [3.8, 4) is 0 Å². The van der Waals surface area contributed by atoms with Crippen LogP contribution in [0.4, 0.5) is 0 Å². The minimum absolute atomic E-state index is 0.0261. The van der Waals surface area contributed by atoms with Crippen LogP contribution in [-0.2, 0) is 4.79 Å². The van der Waals surface area contributed by atoms with E-state index in [1.54, 1.807) is 13.0 Å². The number of Topliss-reactive ketones (excluding diaryl/α,β-unsaturated/α-hetero) is 1. The van der Waals surface area contributed by atoms with Gasteiger partial charge in [0.05, 0.1) is 5.70 Å². The fourth-order valence-electron chi connectivity index (χ4n) is 0.658. The molecule has 2 nitrogen and oxygen atoms in total. The predicted molar refractivity (Wildman–Crippen MR) is 47.8 cm³/mol. The van der Waals surface area contributed by atoms with E-state index in [9.17, 15) is 4.79 Å². The Kier molecular flexibility index (Phi) is 2.54. The molecule has 0 aliphatic carbocycles. The van der Waals surface area contributed by atoms with Crippen LogP contribution in [0.15, 0.2) is 35.4 Å². The second-order valence-corrected chi connectivity index (χ2v) is 2.95. The summed E-state index contributed by atoms with van der Waals surface area (Å²) in [4.78, 5) is 11.2. The summed E-state index contributed by atoms with van der Waals surface area (Å²) in [7, 11) is 0. The molecular formula is C8H9NOS. The van der Waals surface area contributed by atoms with Crippen molar-refractivity contribution in [2.45, 2.75) is 6.92 Å². The zero-order chi connectivity index (χ0) is 8.27. The Bertz CT molecular complexity index is 253. The van der Waals surface area contributed by atoms with E-state index in [-0.39, 0.29) is 5.78 Å². The highest BCUT2D eigenvalue weighted by Gasteiger charge is 2.09. The number of hydrogen-bond acceptors (Lipinski definition) is 3.